The molecule has 106 valence electrons. The number of thiophene rings is 1. The molecule has 2 aromatic heterocycles. The molecule has 0 fully saturated rings. The summed E-state index contributed by atoms with van der Waals surface area (Å²) in [5, 5.41) is 5.25. The van der Waals surface area contributed by atoms with Crippen LogP contribution in [-0.4, -0.2) is 10.9 Å². The van der Waals surface area contributed by atoms with Crippen LogP contribution in [-0.2, 0) is 0 Å². The summed E-state index contributed by atoms with van der Waals surface area (Å²) in [6, 6.07) is 9.85. The summed E-state index contributed by atoms with van der Waals surface area (Å²) in [6.07, 6.45) is 0. The van der Waals surface area contributed by atoms with Crippen molar-refractivity contribution in [2.45, 2.75) is 6.92 Å². The second-order valence-corrected chi connectivity index (χ2v) is 6.36. The summed E-state index contributed by atoms with van der Waals surface area (Å²) in [4.78, 5) is 17.9. The lowest BCUT2D eigenvalue weighted by molar-refractivity contribution is 0.103. The molecule has 3 rings (SSSR count). The molecule has 0 saturated heterocycles. The van der Waals surface area contributed by atoms with Crippen LogP contribution >= 0.6 is 22.7 Å². The molecule has 21 heavy (non-hydrogen) atoms. The van der Waals surface area contributed by atoms with Crippen LogP contribution in [0.4, 0.5) is 9.52 Å². The smallest absolute Gasteiger partial charge is 0.267 e. The monoisotopic (exact) mass is 318 g/mol. The number of nitrogens with zero attached hydrogens (tertiary/aromatic N) is 1. The van der Waals surface area contributed by atoms with Gasteiger partial charge in [-0.15, -0.1) is 22.7 Å². The van der Waals surface area contributed by atoms with Crippen molar-refractivity contribution < 1.29 is 9.18 Å². The second-order valence-electron chi connectivity index (χ2n) is 4.42. The average molecular weight is 318 g/mol. The van der Waals surface area contributed by atoms with Crippen LogP contribution in [0.15, 0.2) is 41.8 Å². The number of hydrogen-bond acceptors (Lipinski definition) is 4. The van der Waals surface area contributed by atoms with Crippen molar-refractivity contribution in [3.63, 3.8) is 0 Å². The van der Waals surface area contributed by atoms with Gasteiger partial charge >= 0.3 is 0 Å². The Labute approximate surface area is 129 Å². The van der Waals surface area contributed by atoms with Crippen molar-refractivity contribution in [1.29, 1.82) is 0 Å². The molecular weight excluding hydrogens is 307 g/mol. The SMILES string of the molecule is Cc1csc(NC(=O)c2ccc(-c3ccc(F)cc3)s2)n1. The third-order valence-corrected chi connectivity index (χ3v) is 4.81. The fraction of sp³-hybridized carbons (Fsp3) is 0.0667. The number of anilines is 1. The molecule has 0 spiro atoms. The van der Waals surface area contributed by atoms with Gasteiger partial charge in [0.1, 0.15) is 5.82 Å². The van der Waals surface area contributed by atoms with E-state index >= 15 is 0 Å². The first kappa shape index (κ1) is 13.9. The fourth-order valence-electron chi connectivity index (χ4n) is 1.80. The molecule has 0 unspecified atom stereocenters. The Morgan fingerprint density at radius 3 is 2.62 bits per heavy atom. The molecule has 2 heterocycles. The Bertz CT molecular complexity index is 777. The molecule has 0 aliphatic heterocycles. The topological polar surface area (TPSA) is 42.0 Å². The van der Waals surface area contributed by atoms with Gasteiger partial charge in [-0.25, -0.2) is 9.37 Å². The normalized spacial score (nSPS) is 10.6. The Balaban J connectivity index is 1.78. The van der Waals surface area contributed by atoms with E-state index in [2.05, 4.69) is 10.3 Å². The lowest BCUT2D eigenvalue weighted by Gasteiger charge is -1.98. The molecule has 0 aliphatic rings. The molecular formula is C15H11FN2OS2. The first-order valence-corrected chi connectivity index (χ1v) is 7.91. The second kappa shape index (κ2) is 5.75. The van der Waals surface area contributed by atoms with Gasteiger partial charge in [0.2, 0.25) is 0 Å². The van der Waals surface area contributed by atoms with E-state index in [1.54, 1.807) is 18.2 Å². The number of nitrogens with one attached hydrogen (secondary N) is 1. The predicted octanol–water partition coefficient (Wildman–Crippen LogP) is 4.57. The minimum atomic E-state index is -0.271. The summed E-state index contributed by atoms with van der Waals surface area (Å²) >= 11 is 2.77. The van der Waals surface area contributed by atoms with Crippen molar-refractivity contribution in [3.05, 3.63) is 58.2 Å². The first-order valence-electron chi connectivity index (χ1n) is 6.21. The van der Waals surface area contributed by atoms with Gasteiger partial charge in [-0.3, -0.25) is 10.1 Å². The molecule has 0 saturated carbocycles. The highest BCUT2D eigenvalue weighted by Gasteiger charge is 2.12. The molecule has 1 aromatic carbocycles. The number of carbonyl (C=O) groups is 1. The van der Waals surface area contributed by atoms with Gasteiger partial charge in [0.25, 0.3) is 5.91 Å². The van der Waals surface area contributed by atoms with Crippen LogP contribution in [0.25, 0.3) is 10.4 Å². The lowest BCUT2D eigenvalue weighted by Crippen LogP contribution is -2.09. The van der Waals surface area contributed by atoms with Gasteiger partial charge in [0.15, 0.2) is 5.13 Å². The Kier molecular flexibility index (Phi) is 3.81. The molecule has 0 bridgehead atoms. The first-order chi connectivity index (χ1) is 10.1. The summed E-state index contributed by atoms with van der Waals surface area (Å²) in [7, 11) is 0. The molecule has 6 heteroatoms. The van der Waals surface area contributed by atoms with Crippen molar-refractivity contribution in [2.75, 3.05) is 5.32 Å². The van der Waals surface area contributed by atoms with Crippen molar-refractivity contribution in [3.8, 4) is 10.4 Å². The lowest BCUT2D eigenvalue weighted by atomic mass is 10.2. The fourth-order valence-corrected chi connectivity index (χ4v) is 3.39. The average Bonchev–Trinajstić information content (AvgIpc) is 3.09. The Hall–Kier alpha value is -2.05. The van der Waals surface area contributed by atoms with E-state index in [-0.39, 0.29) is 11.7 Å². The molecule has 1 N–H and O–H groups in total. The predicted molar refractivity (Wildman–Crippen MR) is 84.5 cm³/mol. The van der Waals surface area contributed by atoms with Crippen LogP contribution in [0.1, 0.15) is 15.4 Å². The third kappa shape index (κ3) is 3.17. The van der Waals surface area contributed by atoms with E-state index in [1.165, 1.54) is 34.8 Å². The maximum Gasteiger partial charge on any atom is 0.267 e. The largest absolute Gasteiger partial charge is 0.297 e. The zero-order chi connectivity index (χ0) is 14.8. The van der Waals surface area contributed by atoms with Crippen molar-refractivity contribution >= 4 is 33.7 Å². The number of halogens is 1. The quantitative estimate of drug-likeness (QED) is 0.768. The summed E-state index contributed by atoms with van der Waals surface area (Å²) in [6.45, 7) is 1.88. The summed E-state index contributed by atoms with van der Waals surface area (Å²) in [5.74, 6) is -0.449. The highest BCUT2D eigenvalue weighted by Crippen LogP contribution is 2.29. The van der Waals surface area contributed by atoms with Crippen LogP contribution in [0.5, 0.6) is 0 Å². The number of amides is 1. The maximum absolute atomic E-state index is 12.9. The number of rotatable bonds is 3. The van der Waals surface area contributed by atoms with E-state index in [1.807, 2.05) is 18.4 Å². The van der Waals surface area contributed by atoms with Crippen molar-refractivity contribution in [1.82, 2.24) is 4.98 Å². The molecule has 0 aliphatic carbocycles. The Morgan fingerprint density at radius 1 is 1.19 bits per heavy atom. The number of benzene rings is 1. The van der Waals surface area contributed by atoms with E-state index in [9.17, 15) is 9.18 Å². The minimum absolute atomic E-state index is 0.178. The highest BCUT2D eigenvalue weighted by molar-refractivity contribution is 7.17. The zero-order valence-electron chi connectivity index (χ0n) is 11.1. The van der Waals surface area contributed by atoms with Crippen LogP contribution in [0.2, 0.25) is 0 Å². The number of aromatic nitrogens is 1. The molecule has 0 radical (unpaired) electrons. The van der Waals surface area contributed by atoms with Crippen LogP contribution in [0.3, 0.4) is 0 Å². The van der Waals surface area contributed by atoms with Gasteiger partial charge in [-0.2, -0.15) is 0 Å². The van der Waals surface area contributed by atoms with Crippen LogP contribution < -0.4 is 5.32 Å². The molecule has 3 nitrogen and oxygen atoms in total. The zero-order valence-corrected chi connectivity index (χ0v) is 12.7. The maximum atomic E-state index is 12.9. The van der Waals surface area contributed by atoms with Crippen molar-refractivity contribution in [2.24, 2.45) is 0 Å². The third-order valence-electron chi connectivity index (χ3n) is 2.80. The number of carbonyl (C=O) groups excluding carboxylic acids is 1. The van der Waals surface area contributed by atoms with Gasteiger partial charge in [-0.05, 0) is 36.8 Å². The number of aryl methyl sites for hydroxylation is 1. The molecule has 1 amide bonds. The van der Waals surface area contributed by atoms with Gasteiger partial charge in [0, 0.05) is 10.3 Å². The van der Waals surface area contributed by atoms with E-state index in [4.69, 9.17) is 0 Å². The number of thiazole rings is 1. The Morgan fingerprint density at radius 2 is 1.95 bits per heavy atom. The van der Waals surface area contributed by atoms with E-state index in [0.29, 0.717) is 10.0 Å². The molecule has 0 atom stereocenters. The summed E-state index contributed by atoms with van der Waals surface area (Å²) < 4.78 is 12.9. The van der Waals surface area contributed by atoms with Gasteiger partial charge < -0.3 is 0 Å². The number of hydrogen-bond donors (Lipinski definition) is 1. The minimum Gasteiger partial charge on any atom is -0.297 e. The van der Waals surface area contributed by atoms with E-state index in [0.717, 1.165) is 16.1 Å². The standard InChI is InChI=1S/C15H11FN2OS2/c1-9-8-20-15(17-9)18-14(19)13-7-6-12(21-13)10-2-4-11(16)5-3-10/h2-8H,1H3,(H,17,18,19). The van der Waals surface area contributed by atoms with Gasteiger partial charge in [-0.1, -0.05) is 12.1 Å². The van der Waals surface area contributed by atoms with E-state index < -0.39 is 0 Å². The van der Waals surface area contributed by atoms with Gasteiger partial charge in [0.05, 0.1) is 10.6 Å². The summed E-state index contributed by atoms with van der Waals surface area (Å²) in [5.41, 5.74) is 1.78. The highest BCUT2D eigenvalue weighted by atomic mass is 32.1. The molecule has 3 aromatic rings. The van der Waals surface area contributed by atoms with Crippen LogP contribution in [0, 0.1) is 12.7 Å².